The zero-order valence-electron chi connectivity index (χ0n) is 12.1. The normalized spacial score (nSPS) is 13.3. The monoisotopic (exact) mass is 262 g/mol. The molecule has 0 aliphatic heterocycles. The largest absolute Gasteiger partial charge is 0.312 e. The molecule has 0 bridgehead atoms. The van der Waals surface area contributed by atoms with Crippen LogP contribution in [0.5, 0.6) is 0 Å². The first-order chi connectivity index (χ1) is 8.99. The fourth-order valence-corrected chi connectivity index (χ4v) is 1.97. The van der Waals surface area contributed by atoms with Crippen molar-refractivity contribution in [3.8, 4) is 0 Å². The summed E-state index contributed by atoms with van der Waals surface area (Å²) >= 11 is 0. The van der Waals surface area contributed by atoms with Crippen LogP contribution in [0.25, 0.3) is 5.52 Å². The molecule has 0 fully saturated rings. The average molecular weight is 262 g/mol. The maximum absolute atomic E-state index is 12.2. The molecular weight excluding hydrogens is 240 g/mol. The van der Waals surface area contributed by atoms with Crippen molar-refractivity contribution in [2.45, 2.75) is 40.3 Å². The summed E-state index contributed by atoms with van der Waals surface area (Å²) in [6, 6.07) is 2.28. The Kier molecular flexibility index (Phi) is 4.04. The van der Waals surface area contributed by atoms with Gasteiger partial charge in [-0.3, -0.25) is 4.79 Å². The number of hydrogen-bond acceptors (Lipinski definition) is 3. The molecule has 5 nitrogen and oxygen atoms in total. The van der Waals surface area contributed by atoms with Crippen molar-refractivity contribution >= 4 is 5.52 Å². The molecule has 0 aliphatic rings. The average Bonchev–Trinajstić information content (AvgIpc) is 2.73. The van der Waals surface area contributed by atoms with Crippen molar-refractivity contribution in [3.63, 3.8) is 0 Å². The number of aryl methyl sites for hydroxylation is 1. The van der Waals surface area contributed by atoms with Gasteiger partial charge in [-0.15, -0.1) is 0 Å². The molecule has 2 aromatic rings. The predicted octanol–water partition coefficient (Wildman–Crippen LogP) is 1.44. The summed E-state index contributed by atoms with van der Waals surface area (Å²) in [5.74, 6) is 0.594. The minimum atomic E-state index is 0.0158. The highest BCUT2D eigenvalue weighted by Crippen LogP contribution is 2.01. The van der Waals surface area contributed by atoms with E-state index in [1.54, 1.807) is 15.3 Å². The van der Waals surface area contributed by atoms with Gasteiger partial charge < -0.3 is 9.88 Å². The van der Waals surface area contributed by atoms with Crippen molar-refractivity contribution in [1.82, 2.24) is 19.5 Å². The summed E-state index contributed by atoms with van der Waals surface area (Å²) in [5, 5.41) is 7.66. The lowest BCUT2D eigenvalue weighted by Gasteiger charge is -2.17. The third kappa shape index (κ3) is 3.04. The Morgan fingerprint density at radius 3 is 2.74 bits per heavy atom. The van der Waals surface area contributed by atoms with E-state index in [9.17, 15) is 4.79 Å². The number of hydrogen-bond donors (Lipinski definition) is 1. The second-order valence-corrected chi connectivity index (χ2v) is 5.40. The molecule has 1 unspecified atom stereocenters. The third-order valence-electron chi connectivity index (χ3n) is 3.54. The Bertz CT molecular complexity index is 611. The molecule has 0 radical (unpaired) electrons. The maximum atomic E-state index is 12.2. The van der Waals surface area contributed by atoms with Gasteiger partial charge in [-0.25, -0.2) is 4.52 Å². The van der Waals surface area contributed by atoms with Crippen LogP contribution in [0.1, 0.15) is 26.5 Å². The van der Waals surface area contributed by atoms with Crippen LogP contribution in [-0.2, 0) is 6.54 Å². The molecule has 1 atom stereocenters. The van der Waals surface area contributed by atoms with E-state index in [0.29, 0.717) is 24.0 Å². The van der Waals surface area contributed by atoms with E-state index in [0.717, 1.165) is 12.2 Å². The smallest absolute Gasteiger partial charge is 0.276 e. The van der Waals surface area contributed by atoms with Crippen LogP contribution < -0.4 is 10.9 Å². The predicted molar refractivity (Wildman–Crippen MR) is 76.5 cm³/mol. The van der Waals surface area contributed by atoms with Crippen molar-refractivity contribution in [1.29, 1.82) is 0 Å². The van der Waals surface area contributed by atoms with Crippen molar-refractivity contribution < 1.29 is 0 Å². The Morgan fingerprint density at radius 1 is 1.32 bits per heavy atom. The van der Waals surface area contributed by atoms with Crippen LogP contribution in [0.15, 0.2) is 23.3 Å². The SMILES string of the molecule is Cc1cc2c(=O)n(CCNC(C)C(C)C)ccn2n1. The second-order valence-electron chi connectivity index (χ2n) is 5.40. The molecule has 0 saturated carbocycles. The van der Waals surface area contributed by atoms with Gasteiger partial charge in [-0.1, -0.05) is 13.8 Å². The molecular formula is C14H22N4O. The summed E-state index contributed by atoms with van der Waals surface area (Å²) in [7, 11) is 0. The summed E-state index contributed by atoms with van der Waals surface area (Å²) in [5.41, 5.74) is 1.51. The zero-order chi connectivity index (χ0) is 14.0. The number of nitrogens with zero attached hydrogens (tertiary/aromatic N) is 3. The zero-order valence-corrected chi connectivity index (χ0v) is 12.1. The second kappa shape index (κ2) is 5.57. The lowest BCUT2D eigenvalue weighted by molar-refractivity contribution is 0.415. The van der Waals surface area contributed by atoms with Crippen LogP contribution in [0.2, 0.25) is 0 Å². The first-order valence-electron chi connectivity index (χ1n) is 6.78. The molecule has 19 heavy (non-hydrogen) atoms. The summed E-state index contributed by atoms with van der Waals surface area (Å²) < 4.78 is 3.37. The first-order valence-corrected chi connectivity index (χ1v) is 6.78. The van der Waals surface area contributed by atoms with Crippen LogP contribution in [0.4, 0.5) is 0 Å². The van der Waals surface area contributed by atoms with Gasteiger partial charge in [0.05, 0.1) is 5.69 Å². The van der Waals surface area contributed by atoms with E-state index in [4.69, 9.17) is 0 Å². The minimum Gasteiger partial charge on any atom is -0.312 e. The minimum absolute atomic E-state index is 0.0158. The molecule has 0 aliphatic carbocycles. The van der Waals surface area contributed by atoms with E-state index in [1.165, 1.54) is 0 Å². The van der Waals surface area contributed by atoms with Crippen LogP contribution >= 0.6 is 0 Å². The standard InChI is InChI=1S/C14H22N4O/c1-10(2)12(4)15-5-6-17-7-8-18-13(14(17)19)9-11(3)16-18/h7-10,12,15H,5-6H2,1-4H3. The Labute approximate surface area is 113 Å². The molecule has 1 N–H and O–H groups in total. The van der Waals surface area contributed by atoms with Crippen LogP contribution in [0.3, 0.4) is 0 Å². The van der Waals surface area contributed by atoms with Crippen LogP contribution in [0, 0.1) is 12.8 Å². The van der Waals surface area contributed by atoms with Crippen molar-refractivity contribution in [2.24, 2.45) is 5.92 Å². The Hall–Kier alpha value is -1.62. The van der Waals surface area contributed by atoms with E-state index in [-0.39, 0.29) is 5.56 Å². The molecule has 2 aromatic heterocycles. The summed E-state index contributed by atoms with van der Waals surface area (Å²) in [6.45, 7) is 9.90. The van der Waals surface area contributed by atoms with Gasteiger partial charge in [0.2, 0.25) is 0 Å². The number of fused-ring (bicyclic) bond motifs is 1. The number of aromatic nitrogens is 3. The van der Waals surface area contributed by atoms with E-state index in [2.05, 4.69) is 31.2 Å². The van der Waals surface area contributed by atoms with Gasteiger partial charge >= 0.3 is 0 Å². The van der Waals surface area contributed by atoms with Gasteiger partial charge in [0.1, 0.15) is 5.52 Å². The highest BCUT2D eigenvalue weighted by molar-refractivity contribution is 5.44. The quantitative estimate of drug-likeness (QED) is 0.887. The topological polar surface area (TPSA) is 51.3 Å². The molecule has 0 amide bonds. The third-order valence-corrected chi connectivity index (χ3v) is 3.54. The molecule has 0 aromatic carbocycles. The molecule has 104 valence electrons. The fraction of sp³-hybridized carbons (Fsp3) is 0.571. The first kappa shape index (κ1) is 13.8. The highest BCUT2D eigenvalue weighted by Gasteiger charge is 2.07. The summed E-state index contributed by atoms with van der Waals surface area (Å²) in [6.07, 6.45) is 3.62. The van der Waals surface area contributed by atoms with E-state index in [1.807, 2.05) is 19.2 Å². The number of nitrogens with one attached hydrogen (secondary N) is 1. The summed E-state index contributed by atoms with van der Waals surface area (Å²) in [4.78, 5) is 12.2. The van der Waals surface area contributed by atoms with Crippen molar-refractivity contribution in [3.05, 3.63) is 34.5 Å². The lowest BCUT2D eigenvalue weighted by atomic mass is 10.1. The molecule has 0 spiro atoms. The molecule has 2 heterocycles. The van der Waals surface area contributed by atoms with E-state index >= 15 is 0 Å². The number of rotatable bonds is 5. The lowest BCUT2D eigenvalue weighted by Crippen LogP contribution is -2.35. The Morgan fingerprint density at radius 2 is 2.05 bits per heavy atom. The maximum Gasteiger partial charge on any atom is 0.276 e. The van der Waals surface area contributed by atoms with Crippen molar-refractivity contribution in [2.75, 3.05) is 6.54 Å². The van der Waals surface area contributed by atoms with Crippen LogP contribution in [-0.4, -0.2) is 26.8 Å². The van der Waals surface area contributed by atoms with Gasteiger partial charge in [-0.2, -0.15) is 5.10 Å². The van der Waals surface area contributed by atoms with Gasteiger partial charge in [0, 0.05) is 31.5 Å². The molecule has 0 saturated heterocycles. The van der Waals surface area contributed by atoms with Gasteiger partial charge in [-0.05, 0) is 25.8 Å². The highest BCUT2D eigenvalue weighted by atomic mass is 16.1. The Balaban J connectivity index is 2.09. The van der Waals surface area contributed by atoms with E-state index < -0.39 is 0 Å². The molecule has 5 heteroatoms. The molecule has 2 rings (SSSR count). The van der Waals surface area contributed by atoms with Gasteiger partial charge in [0.25, 0.3) is 5.56 Å². The van der Waals surface area contributed by atoms with Gasteiger partial charge in [0.15, 0.2) is 0 Å². The fourth-order valence-electron chi connectivity index (χ4n) is 1.97.